The Labute approximate surface area is 123 Å². The third-order valence-electron chi connectivity index (χ3n) is 4.19. The molecule has 118 valence electrons. The molecule has 0 heterocycles. The van der Waals surface area contributed by atoms with Crippen molar-refractivity contribution in [3.05, 3.63) is 29.8 Å². The fourth-order valence-corrected chi connectivity index (χ4v) is 3.09. The van der Waals surface area contributed by atoms with Crippen molar-refractivity contribution in [1.29, 1.82) is 0 Å². The first-order chi connectivity index (χ1) is 9.82. The van der Waals surface area contributed by atoms with E-state index in [-0.39, 0.29) is 11.2 Å². The van der Waals surface area contributed by atoms with Crippen molar-refractivity contribution in [2.24, 2.45) is 0 Å². The Bertz CT molecular complexity index is 475. The Morgan fingerprint density at radius 2 is 2.14 bits per heavy atom. The molecule has 1 fully saturated rings. The van der Waals surface area contributed by atoms with Crippen LogP contribution >= 0.6 is 0 Å². The summed E-state index contributed by atoms with van der Waals surface area (Å²) in [4.78, 5) is 0. The van der Waals surface area contributed by atoms with E-state index in [1.165, 1.54) is 12.1 Å². The van der Waals surface area contributed by atoms with Crippen molar-refractivity contribution in [1.82, 2.24) is 5.32 Å². The van der Waals surface area contributed by atoms with E-state index in [0.29, 0.717) is 6.04 Å². The summed E-state index contributed by atoms with van der Waals surface area (Å²) >= 11 is 0. The zero-order chi connectivity index (χ0) is 15.5. The highest BCUT2D eigenvalue weighted by molar-refractivity contribution is 5.34. The van der Waals surface area contributed by atoms with Gasteiger partial charge in [-0.2, -0.15) is 0 Å². The maximum atomic E-state index is 12.3. The lowest BCUT2D eigenvalue weighted by atomic mass is 9.81. The van der Waals surface area contributed by atoms with Crippen LogP contribution in [0.15, 0.2) is 24.3 Å². The maximum Gasteiger partial charge on any atom is 0.573 e. The van der Waals surface area contributed by atoms with Crippen molar-refractivity contribution in [2.75, 3.05) is 6.54 Å². The van der Waals surface area contributed by atoms with Crippen molar-refractivity contribution in [3.63, 3.8) is 0 Å². The van der Waals surface area contributed by atoms with Gasteiger partial charge >= 0.3 is 6.36 Å². The van der Waals surface area contributed by atoms with E-state index in [2.05, 4.69) is 23.9 Å². The summed E-state index contributed by atoms with van der Waals surface area (Å²) in [6.45, 7) is 5.23. The smallest absolute Gasteiger partial charge is 0.406 e. The number of alkyl halides is 3. The largest absolute Gasteiger partial charge is 0.573 e. The van der Waals surface area contributed by atoms with Gasteiger partial charge < -0.3 is 10.1 Å². The maximum absolute atomic E-state index is 12.3. The van der Waals surface area contributed by atoms with Crippen LogP contribution in [-0.4, -0.2) is 18.9 Å². The van der Waals surface area contributed by atoms with Gasteiger partial charge in [-0.05, 0) is 55.3 Å². The van der Waals surface area contributed by atoms with E-state index in [4.69, 9.17) is 0 Å². The van der Waals surface area contributed by atoms with Gasteiger partial charge in [0.1, 0.15) is 5.75 Å². The number of hydrogen-bond donors (Lipinski definition) is 1. The molecule has 0 saturated heterocycles. The molecule has 0 aromatic heterocycles. The van der Waals surface area contributed by atoms with Crippen molar-refractivity contribution in [2.45, 2.75) is 57.3 Å². The number of hydrogen-bond acceptors (Lipinski definition) is 2. The van der Waals surface area contributed by atoms with Gasteiger partial charge in [0.25, 0.3) is 0 Å². The van der Waals surface area contributed by atoms with E-state index in [0.717, 1.165) is 37.8 Å². The topological polar surface area (TPSA) is 21.3 Å². The molecule has 2 atom stereocenters. The van der Waals surface area contributed by atoms with Gasteiger partial charge in [-0.15, -0.1) is 13.2 Å². The molecule has 2 nitrogen and oxygen atoms in total. The van der Waals surface area contributed by atoms with Crippen LogP contribution in [0.3, 0.4) is 0 Å². The molecule has 2 rings (SSSR count). The van der Waals surface area contributed by atoms with Crippen molar-refractivity contribution < 1.29 is 17.9 Å². The predicted molar refractivity (Wildman–Crippen MR) is 76.4 cm³/mol. The first kappa shape index (κ1) is 16.1. The average Bonchev–Trinajstić information content (AvgIpc) is 2.78. The standard InChI is InChI=1S/C16H22F3NO/c1-3-9-20-13-7-8-15(2,11-13)12-5-4-6-14(10-12)21-16(17,18)19/h4-6,10,13,20H,3,7-9,11H2,1-2H3. The van der Waals surface area contributed by atoms with E-state index < -0.39 is 6.36 Å². The Balaban J connectivity index is 2.09. The molecule has 0 amide bonds. The molecule has 0 aliphatic heterocycles. The second-order valence-electron chi connectivity index (χ2n) is 6.03. The van der Waals surface area contributed by atoms with Gasteiger partial charge in [-0.1, -0.05) is 26.0 Å². The predicted octanol–water partition coefficient (Wildman–Crippen LogP) is 4.40. The number of benzene rings is 1. The van der Waals surface area contributed by atoms with Crippen LogP contribution in [0.2, 0.25) is 0 Å². The molecule has 1 aromatic rings. The summed E-state index contributed by atoms with van der Waals surface area (Å²) in [5, 5.41) is 3.50. The number of rotatable bonds is 5. The van der Waals surface area contributed by atoms with Crippen molar-refractivity contribution >= 4 is 0 Å². The fourth-order valence-electron chi connectivity index (χ4n) is 3.09. The summed E-state index contributed by atoms with van der Waals surface area (Å²) in [5.74, 6) is -0.133. The summed E-state index contributed by atoms with van der Waals surface area (Å²) in [7, 11) is 0. The van der Waals surface area contributed by atoms with E-state index in [1.807, 2.05) is 6.07 Å². The minimum Gasteiger partial charge on any atom is -0.406 e. The summed E-state index contributed by atoms with van der Waals surface area (Å²) in [5.41, 5.74) is 0.834. The zero-order valence-electron chi connectivity index (χ0n) is 12.5. The van der Waals surface area contributed by atoms with E-state index in [9.17, 15) is 13.2 Å². The van der Waals surface area contributed by atoms with Crippen LogP contribution in [0.25, 0.3) is 0 Å². The number of ether oxygens (including phenoxy) is 1. The quantitative estimate of drug-likeness (QED) is 0.870. The van der Waals surface area contributed by atoms with Crippen LogP contribution in [0.1, 0.15) is 45.1 Å². The first-order valence-corrected chi connectivity index (χ1v) is 7.42. The molecule has 2 unspecified atom stereocenters. The molecule has 1 aromatic carbocycles. The van der Waals surface area contributed by atoms with Crippen molar-refractivity contribution in [3.8, 4) is 5.75 Å². The van der Waals surface area contributed by atoms with Crippen LogP contribution in [0, 0.1) is 0 Å². The minimum atomic E-state index is -4.64. The van der Waals surface area contributed by atoms with Crippen LogP contribution in [-0.2, 0) is 5.41 Å². The highest BCUT2D eigenvalue weighted by atomic mass is 19.4. The Morgan fingerprint density at radius 3 is 2.81 bits per heavy atom. The molecule has 0 radical (unpaired) electrons. The minimum absolute atomic E-state index is 0.0869. The molecule has 21 heavy (non-hydrogen) atoms. The van der Waals surface area contributed by atoms with E-state index in [1.54, 1.807) is 6.07 Å². The van der Waals surface area contributed by atoms with Gasteiger partial charge in [0.15, 0.2) is 0 Å². The second kappa shape index (κ2) is 6.26. The van der Waals surface area contributed by atoms with Gasteiger partial charge in [0.2, 0.25) is 0 Å². The zero-order valence-corrected chi connectivity index (χ0v) is 12.5. The Morgan fingerprint density at radius 1 is 1.38 bits per heavy atom. The van der Waals surface area contributed by atoms with Crippen LogP contribution < -0.4 is 10.1 Å². The van der Waals surface area contributed by atoms with Gasteiger partial charge in [-0.25, -0.2) is 0 Å². The van der Waals surface area contributed by atoms with Gasteiger partial charge in [0.05, 0.1) is 0 Å². The lowest BCUT2D eigenvalue weighted by molar-refractivity contribution is -0.274. The molecule has 0 bridgehead atoms. The molecular weight excluding hydrogens is 279 g/mol. The second-order valence-corrected chi connectivity index (χ2v) is 6.03. The highest BCUT2D eigenvalue weighted by Crippen LogP contribution is 2.42. The summed E-state index contributed by atoms with van der Waals surface area (Å²) in [6, 6.07) is 6.85. The summed E-state index contributed by atoms with van der Waals surface area (Å²) in [6.07, 6.45) is -0.574. The molecule has 0 spiro atoms. The molecule has 1 aliphatic carbocycles. The third-order valence-corrected chi connectivity index (χ3v) is 4.19. The SMILES string of the molecule is CCCNC1CCC(C)(c2cccc(OC(F)(F)F)c2)C1. The fraction of sp³-hybridized carbons (Fsp3) is 0.625. The molecule has 1 saturated carbocycles. The van der Waals surface area contributed by atoms with E-state index >= 15 is 0 Å². The third kappa shape index (κ3) is 4.37. The Hall–Kier alpha value is -1.23. The molecule has 1 aliphatic rings. The number of halogens is 3. The van der Waals surface area contributed by atoms with Gasteiger partial charge in [0, 0.05) is 6.04 Å². The first-order valence-electron chi connectivity index (χ1n) is 7.42. The Kier molecular flexibility index (Phi) is 4.81. The lowest BCUT2D eigenvalue weighted by Gasteiger charge is -2.26. The average molecular weight is 301 g/mol. The normalized spacial score (nSPS) is 26.0. The van der Waals surface area contributed by atoms with Crippen LogP contribution in [0.5, 0.6) is 5.75 Å². The molecule has 1 N–H and O–H groups in total. The highest BCUT2D eigenvalue weighted by Gasteiger charge is 2.37. The monoisotopic (exact) mass is 301 g/mol. The number of nitrogens with one attached hydrogen (secondary N) is 1. The summed E-state index contributed by atoms with van der Waals surface area (Å²) < 4.78 is 41.0. The molecular formula is C16H22F3NO. The van der Waals surface area contributed by atoms with Crippen LogP contribution in [0.4, 0.5) is 13.2 Å². The molecule has 5 heteroatoms. The lowest BCUT2D eigenvalue weighted by Crippen LogP contribution is -2.29. The van der Waals surface area contributed by atoms with Gasteiger partial charge in [-0.3, -0.25) is 0 Å².